The van der Waals surface area contributed by atoms with E-state index in [1.807, 2.05) is 0 Å². The van der Waals surface area contributed by atoms with E-state index in [1.54, 1.807) is 0 Å². The van der Waals surface area contributed by atoms with Crippen LogP contribution in [0.4, 0.5) is 5.69 Å². The van der Waals surface area contributed by atoms with Crippen molar-refractivity contribution in [3.8, 4) is 0 Å². The summed E-state index contributed by atoms with van der Waals surface area (Å²) >= 11 is 3.60. The largest absolute Gasteiger partial charge is 0.371 e. The molecule has 1 aromatic carbocycles. The molecule has 2 nitrogen and oxygen atoms in total. The van der Waals surface area contributed by atoms with E-state index in [1.165, 1.54) is 41.7 Å². The van der Waals surface area contributed by atoms with Gasteiger partial charge in [-0.2, -0.15) is 0 Å². The highest BCUT2D eigenvalue weighted by atomic mass is 79.9. The molecule has 1 heterocycles. The molecule has 0 saturated carbocycles. The van der Waals surface area contributed by atoms with Crippen molar-refractivity contribution < 1.29 is 0 Å². The predicted octanol–water partition coefficient (Wildman–Crippen LogP) is 4.43. The summed E-state index contributed by atoms with van der Waals surface area (Å²) in [7, 11) is 0. The Labute approximate surface area is 132 Å². The quantitative estimate of drug-likeness (QED) is 0.799. The van der Waals surface area contributed by atoms with Gasteiger partial charge in [0.15, 0.2) is 0 Å². The normalized spacial score (nSPS) is 23.1. The number of nitrogens with one attached hydrogen (secondary N) is 1. The standard InChI is InChI=1S/C17H27BrN2/c1-4-8-19-11-15-10-16(18)5-6-17(15)20-9-7-13(2)14(3)12-20/h5-6,10,13-14,19H,4,7-9,11-12H2,1-3H3. The monoisotopic (exact) mass is 338 g/mol. The van der Waals surface area contributed by atoms with Gasteiger partial charge < -0.3 is 10.2 Å². The maximum atomic E-state index is 3.60. The minimum Gasteiger partial charge on any atom is -0.371 e. The lowest BCUT2D eigenvalue weighted by molar-refractivity contribution is 0.323. The molecule has 112 valence electrons. The van der Waals surface area contributed by atoms with Crippen molar-refractivity contribution in [2.24, 2.45) is 11.8 Å². The highest BCUT2D eigenvalue weighted by Gasteiger charge is 2.24. The third kappa shape index (κ3) is 3.98. The fourth-order valence-electron chi connectivity index (χ4n) is 2.89. The van der Waals surface area contributed by atoms with Gasteiger partial charge in [-0.05, 0) is 55.0 Å². The molecule has 2 unspecified atom stereocenters. The molecule has 0 radical (unpaired) electrons. The van der Waals surface area contributed by atoms with Crippen LogP contribution in [0, 0.1) is 11.8 Å². The van der Waals surface area contributed by atoms with E-state index in [4.69, 9.17) is 0 Å². The summed E-state index contributed by atoms with van der Waals surface area (Å²) in [6, 6.07) is 6.71. The van der Waals surface area contributed by atoms with Gasteiger partial charge in [0, 0.05) is 29.8 Å². The van der Waals surface area contributed by atoms with Gasteiger partial charge in [-0.15, -0.1) is 0 Å². The summed E-state index contributed by atoms with van der Waals surface area (Å²) in [5.74, 6) is 1.63. The van der Waals surface area contributed by atoms with Gasteiger partial charge in [-0.1, -0.05) is 36.7 Å². The van der Waals surface area contributed by atoms with Gasteiger partial charge in [-0.25, -0.2) is 0 Å². The lowest BCUT2D eigenvalue weighted by atomic mass is 9.88. The van der Waals surface area contributed by atoms with Gasteiger partial charge in [0.1, 0.15) is 0 Å². The zero-order chi connectivity index (χ0) is 14.5. The number of hydrogen-bond acceptors (Lipinski definition) is 2. The zero-order valence-corrected chi connectivity index (χ0v) is 14.5. The average Bonchev–Trinajstić information content (AvgIpc) is 2.43. The number of benzene rings is 1. The van der Waals surface area contributed by atoms with Crippen LogP contribution in [0.25, 0.3) is 0 Å². The molecule has 0 aliphatic carbocycles. The Balaban J connectivity index is 2.13. The third-order valence-electron chi connectivity index (χ3n) is 4.46. The van der Waals surface area contributed by atoms with Gasteiger partial charge in [-0.3, -0.25) is 0 Å². The molecular formula is C17H27BrN2. The average molecular weight is 339 g/mol. The number of rotatable bonds is 5. The van der Waals surface area contributed by atoms with Gasteiger partial charge in [0.2, 0.25) is 0 Å². The molecule has 2 rings (SSSR count). The SMILES string of the molecule is CCCNCc1cc(Br)ccc1N1CCC(C)C(C)C1. The first kappa shape index (κ1) is 15.8. The number of hydrogen-bond donors (Lipinski definition) is 1. The molecule has 3 heteroatoms. The van der Waals surface area contributed by atoms with E-state index >= 15 is 0 Å². The second-order valence-electron chi connectivity index (χ2n) is 6.14. The Kier molecular flexibility index (Phi) is 5.91. The summed E-state index contributed by atoms with van der Waals surface area (Å²) in [4.78, 5) is 2.57. The number of anilines is 1. The molecule has 1 N–H and O–H groups in total. The van der Waals surface area contributed by atoms with Crippen LogP contribution in [0.15, 0.2) is 22.7 Å². The van der Waals surface area contributed by atoms with Crippen LogP contribution in [-0.4, -0.2) is 19.6 Å². The fourth-order valence-corrected chi connectivity index (χ4v) is 3.29. The third-order valence-corrected chi connectivity index (χ3v) is 4.95. The molecule has 1 saturated heterocycles. The Hall–Kier alpha value is -0.540. The highest BCUT2D eigenvalue weighted by Crippen LogP contribution is 2.30. The Morgan fingerprint density at radius 2 is 2.10 bits per heavy atom. The van der Waals surface area contributed by atoms with E-state index in [2.05, 4.69) is 65.1 Å². The molecule has 1 aliphatic heterocycles. The molecule has 0 amide bonds. The second kappa shape index (κ2) is 7.46. The van der Waals surface area contributed by atoms with Gasteiger partial charge >= 0.3 is 0 Å². The first-order chi connectivity index (χ1) is 9.61. The number of nitrogens with zero attached hydrogens (tertiary/aromatic N) is 1. The molecular weight excluding hydrogens is 312 g/mol. The lowest BCUT2D eigenvalue weighted by Gasteiger charge is -2.38. The summed E-state index contributed by atoms with van der Waals surface area (Å²) in [5.41, 5.74) is 2.82. The minimum atomic E-state index is 0.781. The van der Waals surface area contributed by atoms with Crippen LogP contribution in [0.3, 0.4) is 0 Å². The molecule has 2 atom stereocenters. The van der Waals surface area contributed by atoms with E-state index < -0.39 is 0 Å². The van der Waals surface area contributed by atoms with Crippen LogP contribution in [0.5, 0.6) is 0 Å². The highest BCUT2D eigenvalue weighted by molar-refractivity contribution is 9.10. The van der Waals surface area contributed by atoms with Crippen molar-refractivity contribution in [3.05, 3.63) is 28.2 Å². The van der Waals surface area contributed by atoms with Crippen LogP contribution < -0.4 is 10.2 Å². The van der Waals surface area contributed by atoms with Crippen LogP contribution in [0.2, 0.25) is 0 Å². The van der Waals surface area contributed by atoms with Crippen molar-refractivity contribution in [1.82, 2.24) is 5.32 Å². The van der Waals surface area contributed by atoms with Gasteiger partial charge in [0.25, 0.3) is 0 Å². The van der Waals surface area contributed by atoms with Crippen molar-refractivity contribution in [2.75, 3.05) is 24.5 Å². The van der Waals surface area contributed by atoms with E-state index in [-0.39, 0.29) is 0 Å². The van der Waals surface area contributed by atoms with E-state index in [0.717, 1.165) is 24.9 Å². The first-order valence-electron chi connectivity index (χ1n) is 7.86. The van der Waals surface area contributed by atoms with Crippen molar-refractivity contribution in [3.63, 3.8) is 0 Å². The summed E-state index contributed by atoms with van der Waals surface area (Å²) in [6.07, 6.45) is 2.49. The molecule has 1 fully saturated rings. The Bertz CT molecular complexity index is 433. The Morgan fingerprint density at radius 1 is 1.30 bits per heavy atom. The van der Waals surface area contributed by atoms with Crippen molar-refractivity contribution >= 4 is 21.6 Å². The smallest absolute Gasteiger partial charge is 0.0412 e. The molecule has 1 aliphatic rings. The summed E-state index contributed by atoms with van der Waals surface area (Å²) < 4.78 is 1.17. The maximum absolute atomic E-state index is 3.60. The van der Waals surface area contributed by atoms with Gasteiger partial charge in [0.05, 0.1) is 0 Å². The first-order valence-corrected chi connectivity index (χ1v) is 8.65. The summed E-state index contributed by atoms with van der Waals surface area (Å²) in [6.45, 7) is 11.4. The fraction of sp³-hybridized carbons (Fsp3) is 0.647. The second-order valence-corrected chi connectivity index (χ2v) is 7.05. The van der Waals surface area contributed by atoms with Crippen LogP contribution >= 0.6 is 15.9 Å². The predicted molar refractivity (Wildman–Crippen MR) is 91.3 cm³/mol. The molecule has 1 aromatic rings. The number of piperidine rings is 1. The number of halogens is 1. The van der Waals surface area contributed by atoms with Crippen molar-refractivity contribution in [2.45, 2.75) is 40.2 Å². The molecule has 0 aromatic heterocycles. The van der Waals surface area contributed by atoms with E-state index in [9.17, 15) is 0 Å². The van der Waals surface area contributed by atoms with Crippen LogP contribution in [-0.2, 0) is 6.54 Å². The minimum absolute atomic E-state index is 0.781. The Morgan fingerprint density at radius 3 is 2.80 bits per heavy atom. The van der Waals surface area contributed by atoms with E-state index in [0.29, 0.717) is 0 Å². The maximum Gasteiger partial charge on any atom is 0.0412 e. The lowest BCUT2D eigenvalue weighted by Crippen LogP contribution is -2.39. The topological polar surface area (TPSA) is 15.3 Å². The van der Waals surface area contributed by atoms with Crippen LogP contribution in [0.1, 0.15) is 39.2 Å². The zero-order valence-electron chi connectivity index (χ0n) is 13.0. The van der Waals surface area contributed by atoms with Crippen molar-refractivity contribution in [1.29, 1.82) is 0 Å². The summed E-state index contributed by atoms with van der Waals surface area (Å²) in [5, 5.41) is 3.53. The molecule has 0 bridgehead atoms. The molecule has 0 spiro atoms. The molecule has 20 heavy (non-hydrogen) atoms.